The second-order valence-corrected chi connectivity index (χ2v) is 8.78. The van der Waals surface area contributed by atoms with Gasteiger partial charge in [0.25, 0.3) is 5.91 Å². The van der Waals surface area contributed by atoms with E-state index in [-0.39, 0.29) is 17.1 Å². The zero-order valence-electron chi connectivity index (χ0n) is 16.1. The second-order valence-electron chi connectivity index (χ2n) is 7.42. The molecule has 2 aromatic carbocycles. The van der Waals surface area contributed by atoms with Crippen molar-refractivity contribution in [2.75, 3.05) is 27.2 Å². The van der Waals surface area contributed by atoms with Crippen LogP contribution in [0.2, 0.25) is 5.02 Å². The first-order valence-electron chi connectivity index (χ1n) is 9.34. The van der Waals surface area contributed by atoms with E-state index in [1.165, 1.54) is 0 Å². The average molecular weight is 476 g/mol. The molecule has 0 radical (unpaired) electrons. The quantitative estimate of drug-likeness (QED) is 0.536. The number of carbonyl (C=O) groups excluding carboxylic acids is 1. The van der Waals surface area contributed by atoms with Crippen LogP contribution in [0.25, 0.3) is 11.0 Å². The first kappa shape index (κ1) is 20.1. The van der Waals surface area contributed by atoms with Crippen LogP contribution in [0.1, 0.15) is 34.1 Å². The monoisotopic (exact) mass is 474 g/mol. The fourth-order valence-electron chi connectivity index (χ4n) is 3.77. The van der Waals surface area contributed by atoms with E-state index in [9.17, 15) is 9.59 Å². The molecule has 0 unspecified atom stereocenters. The van der Waals surface area contributed by atoms with Gasteiger partial charge in [-0.3, -0.25) is 9.59 Å². The number of nitrogens with zero attached hydrogens (tertiary/aromatic N) is 2. The number of hydrogen-bond acceptors (Lipinski definition) is 4. The van der Waals surface area contributed by atoms with Crippen LogP contribution in [0.15, 0.2) is 56.1 Å². The summed E-state index contributed by atoms with van der Waals surface area (Å²) in [6.07, 6.45) is 0.791. The molecular formula is C22H20BrClN2O3. The van der Waals surface area contributed by atoms with Gasteiger partial charge >= 0.3 is 0 Å². The van der Waals surface area contributed by atoms with Gasteiger partial charge in [-0.2, -0.15) is 0 Å². The summed E-state index contributed by atoms with van der Waals surface area (Å²) in [6.45, 7) is 1.37. The Morgan fingerprint density at radius 2 is 1.86 bits per heavy atom. The Balaban J connectivity index is 1.88. The van der Waals surface area contributed by atoms with Gasteiger partial charge in [0.1, 0.15) is 5.58 Å². The third-order valence-corrected chi connectivity index (χ3v) is 5.88. The molecule has 150 valence electrons. The molecule has 1 aliphatic heterocycles. The van der Waals surface area contributed by atoms with Crippen LogP contribution in [-0.2, 0) is 0 Å². The van der Waals surface area contributed by atoms with E-state index in [0.717, 1.165) is 23.0 Å². The molecule has 3 aromatic rings. The Kier molecular flexibility index (Phi) is 5.51. The molecule has 0 fully saturated rings. The highest BCUT2D eigenvalue weighted by Gasteiger charge is 2.42. The summed E-state index contributed by atoms with van der Waals surface area (Å²) in [5.41, 5.74) is 1.42. The smallest absolute Gasteiger partial charge is 0.290 e. The third kappa shape index (κ3) is 3.72. The maximum atomic E-state index is 13.4. The Hall–Kier alpha value is -2.15. The van der Waals surface area contributed by atoms with E-state index in [2.05, 4.69) is 20.8 Å². The van der Waals surface area contributed by atoms with Gasteiger partial charge < -0.3 is 14.2 Å². The third-order valence-electron chi connectivity index (χ3n) is 5.12. The molecule has 0 bridgehead atoms. The van der Waals surface area contributed by atoms with Crippen LogP contribution in [0, 0.1) is 0 Å². The maximum Gasteiger partial charge on any atom is 0.290 e. The van der Waals surface area contributed by atoms with E-state index in [1.807, 2.05) is 38.4 Å². The summed E-state index contributed by atoms with van der Waals surface area (Å²) in [5.74, 6) is -0.122. The lowest BCUT2D eigenvalue weighted by atomic mass is 9.98. The SMILES string of the molecule is CN(C)CCCN1C(=O)c2oc3ccc(Cl)cc3c(=O)c2[C@@H]1c1ccc(Br)cc1. The molecule has 5 nitrogen and oxygen atoms in total. The minimum atomic E-state index is -0.479. The molecule has 1 aliphatic rings. The lowest BCUT2D eigenvalue weighted by Gasteiger charge is -2.25. The van der Waals surface area contributed by atoms with Crippen molar-refractivity contribution in [3.05, 3.63) is 79.1 Å². The first-order chi connectivity index (χ1) is 13.9. The molecule has 2 heterocycles. The van der Waals surface area contributed by atoms with Gasteiger partial charge in [0.2, 0.25) is 5.76 Å². The summed E-state index contributed by atoms with van der Waals surface area (Å²) in [6, 6.07) is 12.1. The van der Waals surface area contributed by atoms with Gasteiger partial charge in [0, 0.05) is 16.0 Å². The molecule has 0 N–H and O–H groups in total. The van der Waals surface area contributed by atoms with Crippen molar-refractivity contribution in [2.45, 2.75) is 12.5 Å². The Labute approximate surface area is 182 Å². The van der Waals surface area contributed by atoms with Gasteiger partial charge in [-0.05, 0) is 63.0 Å². The molecule has 1 atom stereocenters. The van der Waals surface area contributed by atoms with Crippen LogP contribution in [0.4, 0.5) is 0 Å². The van der Waals surface area contributed by atoms with Crippen LogP contribution < -0.4 is 5.43 Å². The average Bonchev–Trinajstić information content (AvgIpc) is 2.95. The van der Waals surface area contributed by atoms with Crippen LogP contribution in [-0.4, -0.2) is 42.9 Å². The Morgan fingerprint density at radius 1 is 1.14 bits per heavy atom. The van der Waals surface area contributed by atoms with Crippen molar-refractivity contribution in [3.63, 3.8) is 0 Å². The van der Waals surface area contributed by atoms with Crippen molar-refractivity contribution in [2.24, 2.45) is 0 Å². The van der Waals surface area contributed by atoms with Crippen molar-refractivity contribution >= 4 is 44.4 Å². The molecule has 0 saturated heterocycles. The second kappa shape index (κ2) is 7.94. The predicted molar refractivity (Wildman–Crippen MR) is 118 cm³/mol. The molecule has 29 heavy (non-hydrogen) atoms. The van der Waals surface area contributed by atoms with E-state index >= 15 is 0 Å². The number of carbonyl (C=O) groups is 1. The molecule has 4 rings (SSSR count). The predicted octanol–water partition coefficient (Wildman–Crippen LogP) is 4.71. The summed E-state index contributed by atoms with van der Waals surface area (Å²) < 4.78 is 6.85. The van der Waals surface area contributed by atoms with Gasteiger partial charge in [-0.1, -0.05) is 39.7 Å². The number of rotatable bonds is 5. The molecule has 1 aromatic heterocycles. The molecule has 1 amide bonds. The van der Waals surface area contributed by atoms with E-state index in [4.69, 9.17) is 16.0 Å². The topological polar surface area (TPSA) is 53.8 Å². The Morgan fingerprint density at radius 3 is 2.55 bits per heavy atom. The normalized spacial score (nSPS) is 16.1. The largest absolute Gasteiger partial charge is 0.450 e. The number of halogens is 2. The zero-order chi connectivity index (χ0) is 20.7. The van der Waals surface area contributed by atoms with E-state index in [0.29, 0.717) is 28.1 Å². The molecule has 0 saturated carbocycles. The van der Waals surface area contributed by atoms with Crippen molar-refractivity contribution in [1.82, 2.24) is 9.80 Å². The highest BCUT2D eigenvalue weighted by molar-refractivity contribution is 9.10. The fraction of sp³-hybridized carbons (Fsp3) is 0.273. The minimum Gasteiger partial charge on any atom is -0.450 e. The molecule has 0 spiro atoms. The molecule has 0 aliphatic carbocycles. The van der Waals surface area contributed by atoms with Gasteiger partial charge in [-0.25, -0.2) is 0 Å². The minimum absolute atomic E-state index is 0.127. The maximum absolute atomic E-state index is 13.4. The van der Waals surface area contributed by atoms with Crippen molar-refractivity contribution < 1.29 is 9.21 Å². The number of amides is 1. The summed E-state index contributed by atoms with van der Waals surface area (Å²) in [5, 5.41) is 0.846. The summed E-state index contributed by atoms with van der Waals surface area (Å²) in [4.78, 5) is 30.4. The van der Waals surface area contributed by atoms with Crippen LogP contribution in [0.3, 0.4) is 0 Å². The summed E-state index contributed by atoms with van der Waals surface area (Å²) >= 11 is 9.54. The van der Waals surface area contributed by atoms with Crippen LogP contribution >= 0.6 is 27.5 Å². The number of fused-ring (bicyclic) bond motifs is 2. The highest BCUT2D eigenvalue weighted by Crippen LogP contribution is 2.38. The van der Waals surface area contributed by atoms with E-state index < -0.39 is 6.04 Å². The highest BCUT2D eigenvalue weighted by atomic mass is 79.9. The van der Waals surface area contributed by atoms with Gasteiger partial charge in [0.15, 0.2) is 5.43 Å². The fourth-order valence-corrected chi connectivity index (χ4v) is 4.21. The zero-order valence-corrected chi connectivity index (χ0v) is 18.5. The van der Waals surface area contributed by atoms with Crippen molar-refractivity contribution in [3.8, 4) is 0 Å². The van der Waals surface area contributed by atoms with E-state index in [1.54, 1.807) is 23.1 Å². The molecule has 7 heteroatoms. The first-order valence-corrected chi connectivity index (χ1v) is 10.5. The summed E-state index contributed by atoms with van der Waals surface area (Å²) in [7, 11) is 3.99. The van der Waals surface area contributed by atoms with Gasteiger partial charge in [0.05, 0.1) is 17.0 Å². The van der Waals surface area contributed by atoms with Crippen LogP contribution in [0.5, 0.6) is 0 Å². The standard InChI is InChI=1S/C22H20BrClN2O3/c1-25(2)10-3-11-26-19(13-4-6-14(23)7-5-13)18-20(27)16-12-15(24)8-9-17(16)29-21(18)22(26)28/h4-9,12,19H,3,10-11H2,1-2H3/t19-/m0/s1. The lowest BCUT2D eigenvalue weighted by Crippen LogP contribution is -2.32. The van der Waals surface area contributed by atoms with Gasteiger partial charge in [-0.15, -0.1) is 0 Å². The Bertz CT molecular complexity index is 1140. The lowest BCUT2D eigenvalue weighted by molar-refractivity contribution is 0.0722. The van der Waals surface area contributed by atoms with Crippen molar-refractivity contribution in [1.29, 1.82) is 0 Å². The number of benzene rings is 2. The number of hydrogen-bond donors (Lipinski definition) is 0. The molecular weight excluding hydrogens is 456 g/mol.